The van der Waals surface area contributed by atoms with Gasteiger partial charge in [0.1, 0.15) is 11.5 Å². The fourth-order valence-corrected chi connectivity index (χ4v) is 2.43. The van der Waals surface area contributed by atoms with Crippen molar-refractivity contribution in [2.75, 3.05) is 24.4 Å². The highest BCUT2D eigenvalue weighted by molar-refractivity contribution is 5.95. The normalized spacial score (nSPS) is 10.1. The summed E-state index contributed by atoms with van der Waals surface area (Å²) in [6.45, 7) is 5.17. The third-order valence-corrected chi connectivity index (χ3v) is 3.55. The Hall–Kier alpha value is -3.02. The zero-order valence-corrected chi connectivity index (χ0v) is 14.8. The first kappa shape index (κ1) is 18.3. The van der Waals surface area contributed by atoms with Crippen LogP contribution in [0.3, 0.4) is 0 Å². The van der Waals surface area contributed by atoms with Crippen molar-refractivity contribution in [2.45, 2.75) is 20.8 Å². The highest BCUT2D eigenvalue weighted by atomic mass is 16.5. The second kappa shape index (κ2) is 8.19. The molecule has 25 heavy (non-hydrogen) atoms. The van der Waals surface area contributed by atoms with E-state index in [1.165, 1.54) is 14.0 Å². The van der Waals surface area contributed by atoms with Crippen LogP contribution < -0.4 is 20.1 Å². The molecule has 0 saturated heterocycles. The maximum absolute atomic E-state index is 12.1. The number of rotatable bonds is 6. The van der Waals surface area contributed by atoms with Crippen molar-refractivity contribution in [1.82, 2.24) is 0 Å². The number of hydrogen-bond acceptors (Lipinski definition) is 4. The van der Waals surface area contributed by atoms with Crippen LogP contribution in [0.1, 0.15) is 18.1 Å². The van der Waals surface area contributed by atoms with E-state index < -0.39 is 0 Å². The van der Waals surface area contributed by atoms with Crippen LogP contribution in [0.15, 0.2) is 36.4 Å². The Morgan fingerprint density at radius 2 is 1.72 bits per heavy atom. The quantitative estimate of drug-likeness (QED) is 0.844. The van der Waals surface area contributed by atoms with E-state index in [9.17, 15) is 9.59 Å². The lowest BCUT2D eigenvalue weighted by molar-refractivity contribution is -0.118. The van der Waals surface area contributed by atoms with Gasteiger partial charge in [0.15, 0.2) is 6.61 Å². The minimum atomic E-state index is -0.290. The molecule has 0 aliphatic rings. The third kappa shape index (κ3) is 4.97. The Kier molecular flexibility index (Phi) is 6.00. The average Bonchev–Trinajstić information content (AvgIpc) is 2.54. The van der Waals surface area contributed by atoms with E-state index in [0.29, 0.717) is 22.9 Å². The molecule has 0 fully saturated rings. The van der Waals surface area contributed by atoms with Gasteiger partial charge in [-0.3, -0.25) is 9.59 Å². The van der Waals surface area contributed by atoms with E-state index in [-0.39, 0.29) is 18.4 Å². The molecule has 0 aliphatic carbocycles. The van der Waals surface area contributed by atoms with E-state index >= 15 is 0 Å². The first-order chi connectivity index (χ1) is 11.9. The Bertz CT molecular complexity index is 767. The molecule has 2 aromatic rings. The van der Waals surface area contributed by atoms with Gasteiger partial charge in [0.2, 0.25) is 5.91 Å². The van der Waals surface area contributed by atoms with Gasteiger partial charge in [0, 0.05) is 12.6 Å². The number of methoxy groups -OCH3 is 1. The van der Waals surface area contributed by atoms with Gasteiger partial charge in [-0.05, 0) is 43.2 Å². The van der Waals surface area contributed by atoms with Crippen LogP contribution in [0.25, 0.3) is 0 Å². The minimum absolute atomic E-state index is 0.104. The number of amides is 2. The van der Waals surface area contributed by atoms with Crippen LogP contribution in [0.4, 0.5) is 11.4 Å². The molecule has 2 amide bonds. The average molecular weight is 342 g/mol. The molecule has 0 spiro atoms. The topological polar surface area (TPSA) is 76.7 Å². The number of nitrogens with one attached hydrogen (secondary N) is 2. The summed E-state index contributed by atoms with van der Waals surface area (Å²) in [5.41, 5.74) is 2.98. The standard InChI is InChI=1S/C19H22N2O4/c1-12-6-5-7-13(2)19(12)25-11-18(23)21-15-8-9-17(24-4)16(10-15)20-14(3)22/h5-10H,11H2,1-4H3,(H,20,22)(H,21,23). The molecular formula is C19H22N2O4. The summed E-state index contributed by atoms with van der Waals surface area (Å²) in [6, 6.07) is 10.8. The summed E-state index contributed by atoms with van der Waals surface area (Å²) in [7, 11) is 1.51. The number of hydrogen-bond donors (Lipinski definition) is 2. The van der Waals surface area contributed by atoms with Crippen molar-refractivity contribution in [3.8, 4) is 11.5 Å². The predicted octanol–water partition coefficient (Wildman–Crippen LogP) is 3.29. The van der Waals surface area contributed by atoms with E-state index in [1.54, 1.807) is 18.2 Å². The monoisotopic (exact) mass is 342 g/mol. The maximum atomic E-state index is 12.1. The molecule has 0 saturated carbocycles. The van der Waals surface area contributed by atoms with Gasteiger partial charge in [0.25, 0.3) is 5.91 Å². The summed E-state index contributed by atoms with van der Waals surface area (Å²) in [5, 5.41) is 5.41. The van der Waals surface area contributed by atoms with E-state index in [1.807, 2.05) is 32.0 Å². The second-order valence-electron chi connectivity index (χ2n) is 5.65. The lowest BCUT2D eigenvalue weighted by Gasteiger charge is -2.13. The van der Waals surface area contributed by atoms with E-state index in [2.05, 4.69) is 10.6 Å². The van der Waals surface area contributed by atoms with Crippen molar-refractivity contribution in [2.24, 2.45) is 0 Å². The van der Waals surface area contributed by atoms with Gasteiger partial charge in [-0.15, -0.1) is 0 Å². The highest BCUT2D eigenvalue weighted by Gasteiger charge is 2.10. The molecule has 6 nitrogen and oxygen atoms in total. The van der Waals surface area contributed by atoms with Crippen molar-refractivity contribution < 1.29 is 19.1 Å². The maximum Gasteiger partial charge on any atom is 0.262 e. The van der Waals surface area contributed by atoms with E-state index in [0.717, 1.165) is 11.1 Å². The zero-order valence-electron chi connectivity index (χ0n) is 14.8. The summed E-state index contributed by atoms with van der Waals surface area (Å²) in [5.74, 6) is 0.716. The lowest BCUT2D eigenvalue weighted by atomic mass is 10.1. The first-order valence-electron chi connectivity index (χ1n) is 7.85. The zero-order chi connectivity index (χ0) is 18.4. The number of carbonyl (C=O) groups is 2. The fourth-order valence-electron chi connectivity index (χ4n) is 2.43. The Labute approximate surface area is 147 Å². The van der Waals surface area contributed by atoms with Gasteiger partial charge < -0.3 is 20.1 Å². The van der Waals surface area contributed by atoms with Gasteiger partial charge in [-0.2, -0.15) is 0 Å². The molecule has 0 unspecified atom stereocenters. The fraction of sp³-hybridized carbons (Fsp3) is 0.263. The van der Waals surface area contributed by atoms with Gasteiger partial charge >= 0.3 is 0 Å². The predicted molar refractivity (Wildman–Crippen MR) is 97.3 cm³/mol. The molecule has 2 aromatic carbocycles. The number of anilines is 2. The number of aryl methyl sites for hydroxylation is 2. The molecule has 0 aliphatic heterocycles. The number of carbonyl (C=O) groups excluding carboxylic acids is 2. The van der Waals surface area contributed by atoms with Crippen LogP contribution in [0, 0.1) is 13.8 Å². The van der Waals surface area contributed by atoms with Crippen molar-refractivity contribution in [1.29, 1.82) is 0 Å². The van der Waals surface area contributed by atoms with Gasteiger partial charge in [0.05, 0.1) is 12.8 Å². The Balaban J connectivity index is 2.04. The van der Waals surface area contributed by atoms with Gasteiger partial charge in [-0.1, -0.05) is 18.2 Å². The molecular weight excluding hydrogens is 320 g/mol. The SMILES string of the molecule is COc1ccc(NC(=O)COc2c(C)cccc2C)cc1NC(C)=O. The number of para-hydroxylation sites is 1. The first-order valence-corrected chi connectivity index (χ1v) is 7.85. The molecule has 0 radical (unpaired) electrons. The molecule has 0 bridgehead atoms. The largest absolute Gasteiger partial charge is 0.495 e. The van der Waals surface area contributed by atoms with Gasteiger partial charge in [-0.25, -0.2) is 0 Å². The Morgan fingerprint density at radius 1 is 1.04 bits per heavy atom. The smallest absolute Gasteiger partial charge is 0.262 e. The second-order valence-corrected chi connectivity index (χ2v) is 5.65. The van der Waals surface area contributed by atoms with Crippen LogP contribution in [-0.4, -0.2) is 25.5 Å². The van der Waals surface area contributed by atoms with Crippen LogP contribution in [0.5, 0.6) is 11.5 Å². The van der Waals surface area contributed by atoms with Crippen LogP contribution in [0.2, 0.25) is 0 Å². The van der Waals surface area contributed by atoms with Crippen molar-refractivity contribution in [3.63, 3.8) is 0 Å². The summed E-state index contributed by atoms with van der Waals surface area (Å²) >= 11 is 0. The van der Waals surface area contributed by atoms with Crippen LogP contribution in [-0.2, 0) is 9.59 Å². The molecule has 0 heterocycles. The summed E-state index contributed by atoms with van der Waals surface area (Å²) < 4.78 is 10.8. The molecule has 0 atom stereocenters. The van der Waals surface area contributed by atoms with E-state index in [4.69, 9.17) is 9.47 Å². The molecule has 6 heteroatoms. The molecule has 0 aromatic heterocycles. The summed E-state index contributed by atoms with van der Waals surface area (Å²) in [4.78, 5) is 23.4. The minimum Gasteiger partial charge on any atom is -0.495 e. The highest BCUT2D eigenvalue weighted by Crippen LogP contribution is 2.28. The third-order valence-electron chi connectivity index (χ3n) is 3.55. The molecule has 2 N–H and O–H groups in total. The van der Waals surface area contributed by atoms with Crippen molar-refractivity contribution >= 4 is 23.2 Å². The van der Waals surface area contributed by atoms with Crippen LogP contribution >= 0.6 is 0 Å². The lowest BCUT2D eigenvalue weighted by Crippen LogP contribution is -2.21. The number of ether oxygens (including phenoxy) is 2. The molecule has 2 rings (SSSR count). The number of benzene rings is 2. The Morgan fingerprint density at radius 3 is 2.32 bits per heavy atom. The summed E-state index contributed by atoms with van der Waals surface area (Å²) in [6.07, 6.45) is 0. The van der Waals surface area contributed by atoms with Crippen molar-refractivity contribution in [3.05, 3.63) is 47.5 Å². The molecule has 132 valence electrons.